The highest BCUT2D eigenvalue weighted by Gasteiger charge is 2.28. The second-order valence-electron chi connectivity index (χ2n) is 4.74. The summed E-state index contributed by atoms with van der Waals surface area (Å²) in [5.41, 5.74) is -3.32. The van der Waals surface area contributed by atoms with Gasteiger partial charge in [0.15, 0.2) is 0 Å². The first-order chi connectivity index (χ1) is 9.83. The highest BCUT2D eigenvalue weighted by atomic mass is 32.2. The Bertz CT molecular complexity index is 577. The summed E-state index contributed by atoms with van der Waals surface area (Å²) in [5.74, 6) is 1.70. The molecule has 6 heteroatoms. The van der Waals surface area contributed by atoms with E-state index in [1.807, 2.05) is 26.0 Å². The van der Waals surface area contributed by atoms with Crippen molar-refractivity contribution in [1.82, 2.24) is 5.32 Å². The highest BCUT2D eigenvalue weighted by molar-refractivity contribution is 8.00. The lowest BCUT2D eigenvalue weighted by molar-refractivity contribution is -0.0328. The standard InChI is InChI=1S/C15H16F3NOS/c1-10-3-8-14(20-10)11(2)19-9-12-4-6-13(7-5-12)21-15(16,17)18/h3-8,11,19H,9H2,1-2H3. The van der Waals surface area contributed by atoms with Crippen LogP contribution in [0.1, 0.15) is 30.0 Å². The summed E-state index contributed by atoms with van der Waals surface area (Å²) in [4.78, 5) is 0.195. The zero-order chi connectivity index (χ0) is 15.5. The molecule has 1 heterocycles. The molecule has 1 unspecified atom stereocenters. The van der Waals surface area contributed by atoms with E-state index in [4.69, 9.17) is 4.42 Å². The van der Waals surface area contributed by atoms with E-state index in [0.29, 0.717) is 6.54 Å². The SMILES string of the molecule is Cc1ccc(C(C)NCc2ccc(SC(F)(F)F)cc2)o1. The number of hydrogen-bond acceptors (Lipinski definition) is 3. The fourth-order valence-electron chi connectivity index (χ4n) is 1.87. The number of alkyl halides is 3. The summed E-state index contributed by atoms with van der Waals surface area (Å²) < 4.78 is 42.2. The zero-order valence-corrected chi connectivity index (χ0v) is 12.5. The van der Waals surface area contributed by atoms with Gasteiger partial charge in [-0.25, -0.2) is 0 Å². The van der Waals surface area contributed by atoms with Gasteiger partial charge in [0.05, 0.1) is 6.04 Å². The maximum absolute atomic E-state index is 12.2. The van der Waals surface area contributed by atoms with Crippen molar-refractivity contribution in [1.29, 1.82) is 0 Å². The fraction of sp³-hybridized carbons (Fsp3) is 0.333. The molecular weight excluding hydrogens is 299 g/mol. The van der Waals surface area contributed by atoms with E-state index in [2.05, 4.69) is 5.32 Å². The molecule has 0 aliphatic heterocycles. The number of aryl methyl sites for hydroxylation is 1. The summed E-state index contributed by atoms with van der Waals surface area (Å²) in [7, 11) is 0. The first-order valence-electron chi connectivity index (χ1n) is 6.48. The van der Waals surface area contributed by atoms with Crippen LogP contribution in [-0.4, -0.2) is 5.51 Å². The van der Waals surface area contributed by atoms with Crippen molar-refractivity contribution in [3.63, 3.8) is 0 Å². The topological polar surface area (TPSA) is 25.2 Å². The maximum Gasteiger partial charge on any atom is 0.446 e. The Labute approximate surface area is 125 Å². The molecule has 1 atom stereocenters. The molecule has 2 nitrogen and oxygen atoms in total. The van der Waals surface area contributed by atoms with Crippen molar-refractivity contribution < 1.29 is 17.6 Å². The highest BCUT2D eigenvalue weighted by Crippen LogP contribution is 2.36. The second-order valence-corrected chi connectivity index (χ2v) is 5.88. The van der Waals surface area contributed by atoms with Crippen LogP contribution in [0, 0.1) is 6.92 Å². The molecule has 114 valence electrons. The van der Waals surface area contributed by atoms with Gasteiger partial charge >= 0.3 is 5.51 Å². The quantitative estimate of drug-likeness (QED) is 0.782. The molecule has 0 bridgehead atoms. The number of thioether (sulfide) groups is 1. The van der Waals surface area contributed by atoms with Crippen molar-refractivity contribution in [3.8, 4) is 0 Å². The average Bonchev–Trinajstić information content (AvgIpc) is 2.82. The van der Waals surface area contributed by atoms with Crippen LogP contribution in [0.5, 0.6) is 0 Å². The summed E-state index contributed by atoms with van der Waals surface area (Å²) in [6, 6.07) is 10.2. The summed E-state index contributed by atoms with van der Waals surface area (Å²) in [5, 5.41) is 3.27. The lowest BCUT2D eigenvalue weighted by atomic mass is 10.2. The minimum atomic E-state index is -4.24. The van der Waals surface area contributed by atoms with E-state index in [9.17, 15) is 13.2 Å². The van der Waals surface area contributed by atoms with Gasteiger partial charge in [-0.2, -0.15) is 13.2 Å². The van der Waals surface area contributed by atoms with E-state index in [1.54, 1.807) is 12.1 Å². The molecule has 1 aromatic carbocycles. The third kappa shape index (κ3) is 5.13. The molecule has 0 spiro atoms. The second kappa shape index (κ2) is 6.58. The third-order valence-corrected chi connectivity index (χ3v) is 3.70. The molecule has 0 fully saturated rings. The molecule has 0 saturated carbocycles. The molecule has 0 aliphatic carbocycles. The van der Waals surface area contributed by atoms with Crippen LogP contribution in [0.3, 0.4) is 0 Å². The minimum absolute atomic E-state index is 0.0444. The molecule has 0 amide bonds. The number of furan rings is 1. The van der Waals surface area contributed by atoms with Crippen molar-refractivity contribution >= 4 is 11.8 Å². The summed E-state index contributed by atoms with van der Waals surface area (Å²) in [6.07, 6.45) is 0. The Morgan fingerprint density at radius 1 is 1.14 bits per heavy atom. The Balaban J connectivity index is 1.89. The number of halogens is 3. The normalized spacial score (nSPS) is 13.4. The molecule has 2 rings (SSSR count). The summed E-state index contributed by atoms with van der Waals surface area (Å²) in [6.45, 7) is 4.43. The lowest BCUT2D eigenvalue weighted by Gasteiger charge is -2.12. The van der Waals surface area contributed by atoms with Gasteiger partial charge in [0.1, 0.15) is 11.5 Å². The van der Waals surface area contributed by atoms with Crippen LogP contribution >= 0.6 is 11.8 Å². The number of nitrogens with one attached hydrogen (secondary N) is 1. The van der Waals surface area contributed by atoms with Gasteiger partial charge in [0.2, 0.25) is 0 Å². The molecular formula is C15H16F3NOS. The number of hydrogen-bond donors (Lipinski definition) is 1. The zero-order valence-electron chi connectivity index (χ0n) is 11.7. The van der Waals surface area contributed by atoms with E-state index in [0.717, 1.165) is 17.1 Å². The Morgan fingerprint density at radius 3 is 2.33 bits per heavy atom. The molecule has 1 N–H and O–H groups in total. The average molecular weight is 315 g/mol. The molecule has 2 aromatic rings. The van der Waals surface area contributed by atoms with Crippen LogP contribution < -0.4 is 5.32 Å². The van der Waals surface area contributed by atoms with Gasteiger partial charge in [0, 0.05) is 11.4 Å². The summed E-state index contributed by atoms with van der Waals surface area (Å²) >= 11 is -0.102. The van der Waals surface area contributed by atoms with Crippen LogP contribution in [0.4, 0.5) is 13.2 Å². The van der Waals surface area contributed by atoms with E-state index >= 15 is 0 Å². The minimum Gasteiger partial charge on any atom is -0.465 e. The first kappa shape index (κ1) is 16.0. The Morgan fingerprint density at radius 2 is 1.81 bits per heavy atom. The van der Waals surface area contributed by atoms with Crippen LogP contribution in [0.25, 0.3) is 0 Å². The van der Waals surface area contributed by atoms with Crippen molar-refractivity contribution in [3.05, 3.63) is 53.5 Å². The van der Waals surface area contributed by atoms with Crippen molar-refractivity contribution in [2.45, 2.75) is 36.8 Å². The predicted octanol–water partition coefficient (Wildman–Crippen LogP) is 5.05. The van der Waals surface area contributed by atoms with Gasteiger partial charge in [-0.05, 0) is 55.4 Å². The molecule has 21 heavy (non-hydrogen) atoms. The monoisotopic (exact) mass is 315 g/mol. The van der Waals surface area contributed by atoms with Gasteiger partial charge in [0.25, 0.3) is 0 Å². The number of benzene rings is 1. The molecule has 0 saturated heterocycles. The Hall–Kier alpha value is -1.40. The van der Waals surface area contributed by atoms with Gasteiger partial charge < -0.3 is 9.73 Å². The largest absolute Gasteiger partial charge is 0.465 e. The smallest absolute Gasteiger partial charge is 0.446 e. The van der Waals surface area contributed by atoms with E-state index < -0.39 is 5.51 Å². The number of rotatable bonds is 5. The van der Waals surface area contributed by atoms with Crippen molar-refractivity contribution in [2.75, 3.05) is 0 Å². The lowest BCUT2D eigenvalue weighted by Crippen LogP contribution is -2.17. The van der Waals surface area contributed by atoms with E-state index in [-0.39, 0.29) is 22.7 Å². The van der Waals surface area contributed by atoms with Gasteiger partial charge in [-0.3, -0.25) is 0 Å². The van der Waals surface area contributed by atoms with Crippen LogP contribution in [-0.2, 0) is 6.54 Å². The van der Waals surface area contributed by atoms with E-state index in [1.165, 1.54) is 12.1 Å². The third-order valence-electron chi connectivity index (χ3n) is 2.96. The maximum atomic E-state index is 12.2. The molecule has 0 aliphatic rings. The van der Waals surface area contributed by atoms with Crippen LogP contribution in [0.15, 0.2) is 45.7 Å². The first-order valence-corrected chi connectivity index (χ1v) is 7.29. The Kier molecular flexibility index (Phi) is 5.00. The fourth-order valence-corrected chi connectivity index (χ4v) is 2.41. The molecule has 1 aromatic heterocycles. The predicted molar refractivity (Wildman–Crippen MR) is 77.1 cm³/mol. The van der Waals surface area contributed by atoms with Crippen LogP contribution in [0.2, 0.25) is 0 Å². The van der Waals surface area contributed by atoms with Crippen molar-refractivity contribution in [2.24, 2.45) is 0 Å². The van der Waals surface area contributed by atoms with Gasteiger partial charge in [-0.15, -0.1) is 0 Å². The molecule has 0 radical (unpaired) electrons. The van der Waals surface area contributed by atoms with Gasteiger partial charge in [-0.1, -0.05) is 12.1 Å².